The number of amides is 1. The molecule has 0 spiro atoms. The maximum atomic E-state index is 12.0. The molecule has 3 atom stereocenters. The molecule has 3 N–H and O–H groups in total. The van der Waals surface area contributed by atoms with E-state index in [9.17, 15) is 4.79 Å². The minimum Gasteiger partial charge on any atom is -0.393 e. The number of carbonyl (C=O) groups is 1. The van der Waals surface area contributed by atoms with Crippen molar-refractivity contribution in [2.24, 2.45) is 0 Å². The topological polar surface area (TPSA) is 64.6 Å². The van der Waals surface area contributed by atoms with Gasteiger partial charge in [-0.1, -0.05) is 0 Å². The Morgan fingerprint density at radius 3 is 2.69 bits per heavy atom. The third-order valence-corrected chi connectivity index (χ3v) is 2.90. The molecule has 0 aliphatic carbocycles. The predicted molar refractivity (Wildman–Crippen MR) is 63.2 cm³/mol. The Hall–Kier alpha value is -0.650. The molecule has 0 aromatic carbocycles. The summed E-state index contributed by atoms with van der Waals surface area (Å²) >= 11 is 0. The number of aliphatic hydroxyl groups excluding tert-OH is 1. The number of aliphatic hydroxyl groups is 1. The van der Waals surface area contributed by atoms with Gasteiger partial charge in [-0.25, -0.2) is 0 Å². The molecular formula is C11H23N3O2. The monoisotopic (exact) mass is 229 g/mol. The van der Waals surface area contributed by atoms with Crippen molar-refractivity contribution in [3.63, 3.8) is 0 Å². The van der Waals surface area contributed by atoms with Crippen LogP contribution in [0.15, 0.2) is 0 Å². The van der Waals surface area contributed by atoms with Crippen LogP contribution in [0.5, 0.6) is 0 Å². The highest BCUT2D eigenvalue weighted by molar-refractivity contribution is 5.82. The zero-order valence-electron chi connectivity index (χ0n) is 10.4. The van der Waals surface area contributed by atoms with Crippen LogP contribution in [0, 0.1) is 0 Å². The van der Waals surface area contributed by atoms with Crippen LogP contribution in [0.1, 0.15) is 20.3 Å². The number of likely N-dealkylation sites (N-methyl/N-ethyl adjacent to an activating group) is 1. The second kappa shape index (κ2) is 6.18. The molecule has 1 fully saturated rings. The molecule has 1 rings (SSSR count). The number of hydrogen-bond acceptors (Lipinski definition) is 4. The summed E-state index contributed by atoms with van der Waals surface area (Å²) in [7, 11) is 1.78. The molecule has 0 aromatic rings. The minimum absolute atomic E-state index is 0.0973. The first-order valence-corrected chi connectivity index (χ1v) is 5.90. The average molecular weight is 229 g/mol. The molecule has 5 heteroatoms. The van der Waals surface area contributed by atoms with Gasteiger partial charge < -0.3 is 20.6 Å². The lowest BCUT2D eigenvalue weighted by Crippen LogP contribution is -2.59. The largest absolute Gasteiger partial charge is 0.393 e. The third kappa shape index (κ3) is 4.08. The van der Waals surface area contributed by atoms with E-state index in [4.69, 9.17) is 5.11 Å². The van der Waals surface area contributed by atoms with Crippen LogP contribution in [0.2, 0.25) is 0 Å². The minimum atomic E-state index is -0.354. The lowest BCUT2D eigenvalue weighted by atomic mass is 10.1. The van der Waals surface area contributed by atoms with Crippen LogP contribution < -0.4 is 10.6 Å². The smallest absolute Gasteiger partial charge is 0.240 e. The van der Waals surface area contributed by atoms with Crippen LogP contribution in [-0.4, -0.2) is 60.8 Å². The lowest BCUT2D eigenvalue weighted by Gasteiger charge is -2.31. The molecule has 0 radical (unpaired) electrons. The van der Waals surface area contributed by atoms with Crippen molar-refractivity contribution in [1.29, 1.82) is 0 Å². The van der Waals surface area contributed by atoms with Gasteiger partial charge in [-0.05, 0) is 20.3 Å². The van der Waals surface area contributed by atoms with E-state index in [0.29, 0.717) is 25.6 Å². The summed E-state index contributed by atoms with van der Waals surface area (Å²) in [6, 6.07) is 0.294. The zero-order chi connectivity index (χ0) is 12.1. The van der Waals surface area contributed by atoms with Gasteiger partial charge in [0.05, 0.1) is 12.1 Å². The Labute approximate surface area is 97.2 Å². The highest BCUT2D eigenvalue weighted by Crippen LogP contribution is 2.00. The summed E-state index contributed by atoms with van der Waals surface area (Å²) in [5.74, 6) is 0.0973. The van der Waals surface area contributed by atoms with Crippen LogP contribution in [0.4, 0.5) is 0 Å². The molecule has 0 aromatic heterocycles. The predicted octanol–water partition coefficient (Wildman–Crippen LogP) is -0.834. The van der Waals surface area contributed by atoms with Crippen molar-refractivity contribution >= 4 is 5.91 Å². The van der Waals surface area contributed by atoms with Crippen LogP contribution in [0.25, 0.3) is 0 Å². The lowest BCUT2D eigenvalue weighted by molar-refractivity contribution is -0.132. The quantitative estimate of drug-likeness (QED) is 0.588. The highest BCUT2D eigenvalue weighted by atomic mass is 16.3. The molecule has 1 aliphatic rings. The van der Waals surface area contributed by atoms with E-state index in [-0.39, 0.29) is 18.1 Å². The first-order valence-electron chi connectivity index (χ1n) is 5.90. The van der Waals surface area contributed by atoms with Crippen LogP contribution >= 0.6 is 0 Å². The number of hydrogen-bond donors (Lipinski definition) is 3. The summed E-state index contributed by atoms with van der Waals surface area (Å²) in [6.45, 7) is 5.93. The van der Waals surface area contributed by atoms with E-state index in [0.717, 1.165) is 6.54 Å². The summed E-state index contributed by atoms with van der Waals surface area (Å²) in [4.78, 5) is 13.6. The van der Waals surface area contributed by atoms with Crippen molar-refractivity contribution in [3.05, 3.63) is 0 Å². The molecule has 1 saturated heterocycles. The van der Waals surface area contributed by atoms with Gasteiger partial charge in [0.15, 0.2) is 0 Å². The van der Waals surface area contributed by atoms with Gasteiger partial charge in [-0.2, -0.15) is 0 Å². The van der Waals surface area contributed by atoms with Gasteiger partial charge in [-0.3, -0.25) is 4.79 Å². The van der Waals surface area contributed by atoms with Gasteiger partial charge in [0.1, 0.15) is 0 Å². The summed E-state index contributed by atoms with van der Waals surface area (Å²) < 4.78 is 0. The fourth-order valence-electron chi connectivity index (χ4n) is 1.71. The van der Waals surface area contributed by atoms with Gasteiger partial charge in [0.25, 0.3) is 0 Å². The fraction of sp³-hybridized carbons (Fsp3) is 0.909. The van der Waals surface area contributed by atoms with Crippen molar-refractivity contribution in [2.45, 2.75) is 38.5 Å². The normalized spacial score (nSPS) is 27.5. The first-order chi connectivity index (χ1) is 7.50. The Kier molecular flexibility index (Phi) is 5.18. The SMILES string of the molecule is CC(O)CCN(C)C(=O)C1CNC(C)CN1. The van der Waals surface area contributed by atoms with Gasteiger partial charge in [0, 0.05) is 32.7 Å². The number of nitrogens with zero attached hydrogens (tertiary/aromatic N) is 1. The Morgan fingerprint density at radius 2 is 2.19 bits per heavy atom. The maximum Gasteiger partial charge on any atom is 0.240 e. The van der Waals surface area contributed by atoms with Crippen molar-refractivity contribution in [2.75, 3.05) is 26.7 Å². The van der Waals surface area contributed by atoms with Gasteiger partial charge >= 0.3 is 0 Å². The second-order valence-electron chi connectivity index (χ2n) is 4.67. The summed E-state index contributed by atoms with van der Waals surface area (Å²) in [5, 5.41) is 15.7. The Morgan fingerprint density at radius 1 is 1.50 bits per heavy atom. The second-order valence-corrected chi connectivity index (χ2v) is 4.67. The number of piperazine rings is 1. The van der Waals surface area contributed by atoms with Crippen molar-refractivity contribution in [1.82, 2.24) is 15.5 Å². The third-order valence-electron chi connectivity index (χ3n) is 2.90. The Bertz CT molecular complexity index is 225. The van der Waals surface area contributed by atoms with Crippen molar-refractivity contribution in [3.8, 4) is 0 Å². The van der Waals surface area contributed by atoms with E-state index in [1.165, 1.54) is 0 Å². The molecule has 1 aliphatic heterocycles. The molecule has 5 nitrogen and oxygen atoms in total. The molecule has 0 saturated carbocycles. The van der Waals surface area contributed by atoms with E-state index in [1.54, 1.807) is 18.9 Å². The van der Waals surface area contributed by atoms with E-state index in [2.05, 4.69) is 17.6 Å². The summed E-state index contributed by atoms with van der Waals surface area (Å²) in [6.07, 6.45) is 0.270. The maximum absolute atomic E-state index is 12.0. The first kappa shape index (κ1) is 13.4. The Balaban J connectivity index is 2.32. The molecule has 94 valence electrons. The highest BCUT2D eigenvalue weighted by Gasteiger charge is 2.25. The van der Waals surface area contributed by atoms with Crippen LogP contribution in [0.3, 0.4) is 0 Å². The van der Waals surface area contributed by atoms with Gasteiger partial charge in [0.2, 0.25) is 5.91 Å². The fourth-order valence-corrected chi connectivity index (χ4v) is 1.71. The standard InChI is InChI=1S/C11H23N3O2/c1-8-6-13-10(7-12-8)11(16)14(3)5-4-9(2)15/h8-10,12-13,15H,4-7H2,1-3H3. The molecule has 1 amide bonds. The molecule has 0 bridgehead atoms. The van der Waals surface area contributed by atoms with Crippen molar-refractivity contribution < 1.29 is 9.90 Å². The molecule has 3 unspecified atom stereocenters. The molecular weight excluding hydrogens is 206 g/mol. The number of rotatable bonds is 4. The summed E-state index contributed by atoms with van der Waals surface area (Å²) in [5.41, 5.74) is 0. The van der Waals surface area contributed by atoms with Crippen LogP contribution in [-0.2, 0) is 4.79 Å². The number of carbonyl (C=O) groups excluding carboxylic acids is 1. The van der Waals surface area contributed by atoms with E-state index < -0.39 is 0 Å². The molecule has 16 heavy (non-hydrogen) atoms. The van der Waals surface area contributed by atoms with E-state index >= 15 is 0 Å². The zero-order valence-corrected chi connectivity index (χ0v) is 10.4. The van der Waals surface area contributed by atoms with E-state index in [1.807, 2.05) is 0 Å². The van der Waals surface area contributed by atoms with Gasteiger partial charge in [-0.15, -0.1) is 0 Å². The average Bonchev–Trinajstić information content (AvgIpc) is 2.26. The molecule has 1 heterocycles. The number of nitrogens with one attached hydrogen (secondary N) is 2.